The van der Waals surface area contributed by atoms with Crippen LogP contribution in [0, 0.1) is 23.0 Å². The Morgan fingerprint density at radius 3 is 2.47 bits per heavy atom. The first-order valence-electron chi connectivity index (χ1n) is 7.03. The van der Waals surface area contributed by atoms with E-state index < -0.39 is 17.7 Å². The average Bonchev–Trinajstić information content (AvgIpc) is 2.33. The molecule has 0 radical (unpaired) electrons. The van der Waals surface area contributed by atoms with Crippen LogP contribution >= 0.6 is 0 Å². The van der Waals surface area contributed by atoms with Gasteiger partial charge in [-0.25, -0.2) is 8.78 Å². The van der Waals surface area contributed by atoms with Crippen LogP contribution in [0.1, 0.15) is 45.1 Å². The van der Waals surface area contributed by atoms with Crippen molar-refractivity contribution in [3.8, 4) is 0 Å². The Bertz CT molecular complexity index is 422. The van der Waals surface area contributed by atoms with Gasteiger partial charge >= 0.3 is 0 Å². The molecule has 0 aliphatic heterocycles. The van der Waals surface area contributed by atoms with Crippen LogP contribution in [-0.2, 0) is 6.42 Å². The second kappa shape index (κ2) is 5.58. The molecule has 2 unspecified atom stereocenters. The molecule has 0 spiro atoms. The molecule has 2 atom stereocenters. The molecule has 19 heavy (non-hydrogen) atoms. The molecule has 3 heteroatoms. The van der Waals surface area contributed by atoms with E-state index in [-0.39, 0.29) is 23.3 Å². The van der Waals surface area contributed by atoms with Gasteiger partial charge in [0, 0.05) is 12.0 Å². The zero-order valence-electron chi connectivity index (χ0n) is 11.6. The minimum Gasteiger partial charge on any atom is -0.392 e. The highest BCUT2D eigenvalue weighted by Gasteiger charge is 2.37. The van der Waals surface area contributed by atoms with E-state index in [0.29, 0.717) is 0 Å². The summed E-state index contributed by atoms with van der Waals surface area (Å²) in [6, 6.07) is 3.85. The second-order valence-corrected chi connectivity index (χ2v) is 6.31. The number of halogens is 2. The maximum atomic E-state index is 13.6. The lowest BCUT2D eigenvalue weighted by molar-refractivity contribution is 0.00493. The van der Waals surface area contributed by atoms with Crippen molar-refractivity contribution in [3.63, 3.8) is 0 Å². The Hall–Kier alpha value is -0.960. The Morgan fingerprint density at radius 1 is 1.26 bits per heavy atom. The van der Waals surface area contributed by atoms with E-state index in [1.807, 2.05) is 0 Å². The van der Waals surface area contributed by atoms with Gasteiger partial charge in [0.2, 0.25) is 0 Å². The van der Waals surface area contributed by atoms with Crippen LogP contribution in [0.25, 0.3) is 0 Å². The van der Waals surface area contributed by atoms with Crippen LogP contribution in [0.5, 0.6) is 0 Å². The summed E-state index contributed by atoms with van der Waals surface area (Å²) < 4.78 is 27.2. The SMILES string of the molecule is CC1(C)CCCCC1C(O)Cc1c(F)cccc1F. The third-order valence-corrected chi connectivity index (χ3v) is 4.53. The standard InChI is InChI=1S/C16H22F2O/c1-16(2)9-4-3-6-12(16)15(19)10-11-13(17)7-5-8-14(11)18/h5,7-8,12,15,19H,3-4,6,9-10H2,1-2H3. The molecule has 0 saturated heterocycles. The lowest BCUT2D eigenvalue weighted by atomic mass is 9.66. The van der Waals surface area contributed by atoms with Crippen LogP contribution in [-0.4, -0.2) is 11.2 Å². The molecule has 1 aliphatic carbocycles. The summed E-state index contributed by atoms with van der Waals surface area (Å²) in [6.45, 7) is 4.27. The lowest BCUT2D eigenvalue weighted by Crippen LogP contribution is -2.38. The van der Waals surface area contributed by atoms with E-state index >= 15 is 0 Å². The fraction of sp³-hybridized carbons (Fsp3) is 0.625. The molecular formula is C16H22F2O. The van der Waals surface area contributed by atoms with Crippen molar-refractivity contribution in [2.24, 2.45) is 11.3 Å². The molecule has 0 amide bonds. The minimum absolute atomic E-state index is 0.0105. The zero-order valence-corrected chi connectivity index (χ0v) is 11.6. The molecule has 1 N–H and O–H groups in total. The molecule has 2 rings (SSSR count). The van der Waals surface area contributed by atoms with E-state index in [1.54, 1.807) is 0 Å². The normalized spacial score (nSPS) is 24.2. The molecule has 1 nitrogen and oxygen atoms in total. The second-order valence-electron chi connectivity index (χ2n) is 6.31. The first-order valence-corrected chi connectivity index (χ1v) is 7.03. The number of aliphatic hydroxyl groups excluding tert-OH is 1. The van der Waals surface area contributed by atoms with E-state index in [0.717, 1.165) is 19.3 Å². The number of aliphatic hydroxyl groups is 1. The number of hydrogen-bond donors (Lipinski definition) is 1. The van der Waals surface area contributed by atoms with Crippen molar-refractivity contribution < 1.29 is 13.9 Å². The van der Waals surface area contributed by atoms with Gasteiger partial charge < -0.3 is 5.11 Å². The van der Waals surface area contributed by atoms with Crippen molar-refractivity contribution in [2.75, 3.05) is 0 Å². The largest absolute Gasteiger partial charge is 0.392 e. The molecule has 1 saturated carbocycles. The maximum Gasteiger partial charge on any atom is 0.129 e. The monoisotopic (exact) mass is 268 g/mol. The Kier molecular flexibility index (Phi) is 4.24. The predicted molar refractivity (Wildman–Crippen MR) is 71.8 cm³/mol. The summed E-state index contributed by atoms with van der Waals surface area (Å²) in [5.41, 5.74) is 0.0516. The minimum atomic E-state index is -0.679. The highest BCUT2D eigenvalue weighted by molar-refractivity contribution is 5.20. The van der Waals surface area contributed by atoms with Gasteiger partial charge in [-0.1, -0.05) is 32.8 Å². The molecule has 1 aromatic rings. The van der Waals surface area contributed by atoms with E-state index in [4.69, 9.17) is 0 Å². The van der Waals surface area contributed by atoms with Gasteiger partial charge in [-0.15, -0.1) is 0 Å². The van der Waals surface area contributed by atoms with Gasteiger partial charge in [0.1, 0.15) is 11.6 Å². The highest BCUT2D eigenvalue weighted by Crippen LogP contribution is 2.43. The predicted octanol–water partition coefficient (Wildman–Crippen LogP) is 4.08. The quantitative estimate of drug-likeness (QED) is 0.875. The molecule has 1 fully saturated rings. The maximum absolute atomic E-state index is 13.6. The van der Waals surface area contributed by atoms with E-state index in [1.165, 1.54) is 24.6 Å². The average molecular weight is 268 g/mol. The van der Waals surface area contributed by atoms with Crippen molar-refractivity contribution in [1.82, 2.24) is 0 Å². The Balaban J connectivity index is 2.14. The van der Waals surface area contributed by atoms with Crippen LogP contribution in [0.4, 0.5) is 8.78 Å². The smallest absolute Gasteiger partial charge is 0.129 e. The number of hydrogen-bond acceptors (Lipinski definition) is 1. The summed E-state index contributed by atoms with van der Waals surface area (Å²) >= 11 is 0. The van der Waals surface area contributed by atoms with Crippen molar-refractivity contribution in [1.29, 1.82) is 0 Å². The third kappa shape index (κ3) is 3.14. The molecule has 1 aromatic carbocycles. The number of rotatable bonds is 3. The summed E-state index contributed by atoms with van der Waals surface area (Å²) in [4.78, 5) is 0. The molecule has 0 heterocycles. The van der Waals surface area contributed by atoms with Gasteiger partial charge in [0.25, 0.3) is 0 Å². The first kappa shape index (κ1) is 14.4. The zero-order chi connectivity index (χ0) is 14.0. The lowest BCUT2D eigenvalue weighted by Gasteiger charge is -2.41. The fourth-order valence-corrected chi connectivity index (χ4v) is 3.31. The van der Waals surface area contributed by atoms with Gasteiger partial charge in [-0.05, 0) is 36.3 Å². The highest BCUT2D eigenvalue weighted by atomic mass is 19.1. The Labute approximate surface area is 113 Å². The fourth-order valence-electron chi connectivity index (χ4n) is 3.31. The number of benzene rings is 1. The van der Waals surface area contributed by atoms with Crippen molar-refractivity contribution >= 4 is 0 Å². The van der Waals surface area contributed by atoms with Crippen LogP contribution in [0.2, 0.25) is 0 Å². The van der Waals surface area contributed by atoms with Gasteiger partial charge in [0.15, 0.2) is 0 Å². The van der Waals surface area contributed by atoms with E-state index in [2.05, 4.69) is 13.8 Å². The molecule has 0 bridgehead atoms. The first-order chi connectivity index (χ1) is 8.92. The molecular weight excluding hydrogens is 246 g/mol. The third-order valence-electron chi connectivity index (χ3n) is 4.53. The summed E-state index contributed by atoms with van der Waals surface area (Å²) in [5, 5.41) is 10.4. The van der Waals surface area contributed by atoms with Gasteiger partial charge in [-0.3, -0.25) is 0 Å². The summed E-state index contributed by atoms with van der Waals surface area (Å²) in [7, 11) is 0. The summed E-state index contributed by atoms with van der Waals surface area (Å²) in [6.07, 6.45) is 3.64. The Morgan fingerprint density at radius 2 is 1.89 bits per heavy atom. The van der Waals surface area contributed by atoms with Crippen molar-refractivity contribution in [2.45, 2.75) is 52.1 Å². The molecule has 106 valence electrons. The van der Waals surface area contributed by atoms with Crippen LogP contribution < -0.4 is 0 Å². The van der Waals surface area contributed by atoms with Crippen molar-refractivity contribution in [3.05, 3.63) is 35.4 Å². The van der Waals surface area contributed by atoms with Gasteiger partial charge in [0.05, 0.1) is 6.10 Å². The van der Waals surface area contributed by atoms with E-state index in [9.17, 15) is 13.9 Å². The molecule has 0 aromatic heterocycles. The molecule has 1 aliphatic rings. The van der Waals surface area contributed by atoms with Crippen LogP contribution in [0.3, 0.4) is 0 Å². The summed E-state index contributed by atoms with van der Waals surface area (Å²) in [5.74, 6) is -1.01. The van der Waals surface area contributed by atoms with Crippen LogP contribution in [0.15, 0.2) is 18.2 Å². The van der Waals surface area contributed by atoms with Gasteiger partial charge in [-0.2, -0.15) is 0 Å². The topological polar surface area (TPSA) is 20.2 Å².